The van der Waals surface area contributed by atoms with E-state index in [0.717, 1.165) is 19.3 Å². The fourth-order valence-electron chi connectivity index (χ4n) is 0.801. The van der Waals surface area contributed by atoms with E-state index in [2.05, 4.69) is 22.8 Å². The Bertz CT molecular complexity index is 201. The highest BCUT2D eigenvalue weighted by Crippen LogP contribution is 2.16. The van der Waals surface area contributed by atoms with Crippen molar-refractivity contribution in [2.45, 2.75) is 45.3 Å². The summed E-state index contributed by atoms with van der Waals surface area (Å²) in [5.74, 6) is 0. The number of rotatable bonds is 7. The lowest BCUT2D eigenvalue weighted by Gasteiger charge is -2.07. The van der Waals surface area contributed by atoms with Crippen LogP contribution in [0.15, 0.2) is 12.8 Å². The second-order valence-electron chi connectivity index (χ2n) is 3.15. The summed E-state index contributed by atoms with van der Waals surface area (Å²) in [5, 5.41) is 24.8. The van der Waals surface area contributed by atoms with Crippen molar-refractivity contribution in [3.8, 4) is 0 Å². The lowest BCUT2D eigenvalue weighted by Crippen LogP contribution is -2.29. The second-order valence-corrected chi connectivity index (χ2v) is 3.15. The summed E-state index contributed by atoms with van der Waals surface area (Å²) >= 11 is 0. The molecule has 18 heavy (non-hydrogen) atoms. The topological polar surface area (TPSA) is 79.2 Å². The molecule has 0 amide bonds. The van der Waals surface area contributed by atoms with Gasteiger partial charge in [0.15, 0.2) is 6.29 Å². The maximum absolute atomic E-state index is 11.1. The van der Waals surface area contributed by atoms with Gasteiger partial charge in [-0.25, -0.2) is 0 Å². The second kappa shape index (κ2) is 11.3. The molecular formula is C9H18BF3O5. The van der Waals surface area contributed by atoms with Crippen molar-refractivity contribution in [1.82, 2.24) is 0 Å². The number of hydrogen-bond acceptors (Lipinski definition) is 5. The molecule has 0 aliphatic rings. The molecule has 0 aromatic carbocycles. The maximum Gasteiger partial charge on any atom is 0.716 e. The van der Waals surface area contributed by atoms with E-state index in [-0.39, 0.29) is 0 Å². The molecule has 0 rings (SSSR count). The molecular weight excluding hydrogens is 256 g/mol. The number of aliphatic hydroxyl groups excluding tert-OH is 1. The van der Waals surface area contributed by atoms with Gasteiger partial charge in [-0.2, -0.15) is 0 Å². The monoisotopic (exact) mass is 274 g/mol. The van der Waals surface area contributed by atoms with Crippen LogP contribution in [-0.4, -0.2) is 35.2 Å². The largest absolute Gasteiger partial charge is 0.716 e. The molecule has 0 radical (unpaired) electrons. The normalized spacial score (nSPS) is 10.7. The Balaban J connectivity index is 0. The SMILES string of the molecule is C=COB(O)OC(F)(F)F.CCCCCC(O)O. The van der Waals surface area contributed by atoms with Crippen LogP contribution in [0.25, 0.3) is 0 Å². The van der Waals surface area contributed by atoms with Gasteiger partial charge in [0.05, 0.1) is 6.26 Å². The number of halogens is 3. The van der Waals surface area contributed by atoms with E-state index in [9.17, 15) is 13.2 Å². The minimum absolute atomic E-state index is 0.522. The smallest absolute Gasteiger partial charge is 0.519 e. The molecule has 108 valence electrons. The Morgan fingerprint density at radius 1 is 1.33 bits per heavy atom. The number of unbranched alkanes of at least 4 members (excludes halogenated alkanes) is 2. The summed E-state index contributed by atoms with van der Waals surface area (Å²) in [4.78, 5) is 0. The number of alkyl halides is 3. The minimum Gasteiger partial charge on any atom is -0.519 e. The average Bonchev–Trinajstić information content (AvgIpc) is 2.15. The third kappa shape index (κ3) is 20.6. The summed E-state index contributed by atoms with van der Waals surface area (Å²) in [6, 6.07) is 0. The van der Waals surface area contributed by atoms with Gasteiger partial charge < -0.3 is 19.9 Å². The highest BCUT2D eigenvalue weighted by atomic mass is 19.4. The number of aliphatic hydroxyl groups is 2. The van der Waals surface area contributed by atoms with E-state index in [1.54, 1.807) is 0 Å². The van der Waals surface area contributed by atoms with Gasteiger partial charge in [0.25, 0.3) is 0 Å². The molecule has 0 aliphatic heterocycles. The fourth-order valence-corrected chi connectivity index (χ4v) is 0.801. The lowest BCUT2D eigenvalue weighted by atomic mass is 10.2. The van der Waals surface area contributed by atoms with Crippen LogP contribution in [0.2, 0.25) is 0 Å². The van der Waals surface area contributed by atoms with Gasteiger partial charge in [-0.3, -0.25) is 4.65 Å². The zero-order valence-corrected chi connectivity index (χ0v) is 10.1. The summed E-state index contributed by atoms with van der Waals surface area (Å²) in [7, 11) is -2.34. The van der Waals surface area contributed by atoms with Crippen molar-refractivity contribution in [3.63, 3.8) is 0 Å². The molecule has 0 saturated carbocycles. The molecule has 9 heteroatoms. The average molecular weight is 274 g/mol. The van der Waals surface area contributed by atoms with Gasteiger partial charge in [0.2, 0.25) is 0 Å². The molecule has 0 unspecified atom stereocenters. The van der Waals surface area contributed by atoms with Crippen LogP contribution in [0.1, 0.15) is 32.6 Å². The highest BCUT2D eigenvalue weighted by molar-refractivity contribution is 6.34. The van der Waals surface area contributed by atoms with Gasteiger partial charge in [-0.05, 0) is 12.8 Å². The van der Waals surface area contributed by atoms with E-state index in [0.29, 0.717) is 12.7 Å². The zero-order chi connectivity index (χ0) is 14.6. The molecule has 0 heterocycles. The third-order valence-electron chi connectivity index (χ3n) is 1.51. The van der Waals surface area contributed by atoms with Gasteiger partial charge in [0, 0.05) is 0 Å². The Morgan fingerprint density at radius 3 is 2.22 bits per heavy atom. The van der Waals surface area contributed by atoms with E-state index < -0.39 is 20.0 Å². The van der Waals surface area contributed by atoms with Gasteiger partial charge >= 0.3 is 13.7 Å². The summed E-state index contributed by atoms with van der Waals surface area (Å²) in [6.45, 7) is 4.99. The van der Waals surface area contributed by atoms with Crippen molar-refractivity contribution in [2.24, 2.45) is 0 Å². The first-order chi connectivity index (χ1) is 8.22. The fraction of sp³-hybridized carbons (Fsp3) is 0.778. The predicted molar refractivity (Wildman–Crippen MR) is 58.8 cm³/mol. The first-order valence-corrected chi connectivity index (χ1v) is 5.28. The van der Waals surface area contributed by atoms with Crippen molar-refractivity contribution in [1.29, 1.82) is 0 Å². The molecule has 0 aromatic rings. The standard InChI is InChI=1S/C6H14O2.C3H4BF3O3/c1-2-3-4-5-6(7)8;1-2-9-4(8)10-3(5,6)7/h6-8H,2-5H2,1H3;2,8H,1H2. The van der Waals surface area contributed by atoms with Crippen LogP contribution < -0.4 is 0 Å². The molecule has 0 spiro atoms. The van der Waals surface area contributed by atoms with Crippen molar-refractivity contribution < 1.29 is 37.7 Å². The van der Waals surface area contributed by atoms with Crippen LogP contribution >= 0.6 is 0 Å². The predicted octanol–water partition coefficient (Wildman–Crippen LogP) is 1.54. The molecule has 0 aromatic heterocycles. The van der Waals surface area contributed by atoms with Crippen LogP contribution in [0.5, 0.6) is 0 Å². The van der Waals surface area contributed by atoms with Crippen LogP contribution in [-0.2, 0) is 9.31 Å². The Morgan fingerprint density at radius 2 is 1.89 bits per heavy atom. The highest BCUT2D eigenvalue weighted by Gasteiger charge is 2.37. The maximum atomic E-state index is 11.1. The van der Waals surface area contributed by atoms with Crippen LogP contribution in [0, 0.1) is 0 Å². The van der Waals surface area contributed by atoms with E-state index >= 15 is 0 Å². The Kier molecular flexibility index (Phi) is 12.3. The number of hydrogen-bond donors (Lipinski definition) is 3. The van der Waals surface area contributed by atoms with E-state index in [4.69, 9.17) is 15.2 Å². The lowest BCUT2D eigenvalue weighted by molar-refractivity contribution is -0.289. The van der Waals surface area contributed by atoms with Crippen LogP contribution in [0.4, 0.5) is 13.2 Å². The van der Waals surface area contributed by atoms with Crippen molar-refractivity contribution >= 4 is 7.32 Å². The first kappa shape index (κ1) is 19.6. The van der Waals surface area contributed by atoms with Gasteiger partial charge in [0.1, 0.15) is 0 Å². The Hall–Kier alpha value is -0.765. The van der Waals surface area contributed by atoms with Gasteiger partial charge in [-0.1, -0.05) is 26.3 Å². The summed E-state index contributed by atoms with van der Waals surface area (Å²) in [5.41, 5.74) is 0. The molecule has 0 aliphatic carbocycles. The first-order valence-electron chi connectivity index (χ1n) is 5.28. The molecule has 0 atom stereocenters. The van der Waals surface area contributed by atoms with Crippen molar-refractivity contribution in [3.05, 3.63) is 12.8 Å². The third-order valence-corrected chi connectivity index (χ3v) is 1.51. The van der Waals surface area contributed by atoms with Crippen LogP contribution in [0.3, 0.4) is 0 Å². The summed E-state index contributed by atoms with van der Waals surface area (Å²) < 4.78 is 40.1. The van der Waals surface area contributed by atoms with Crippen molar-refractivity contribution in [2.75, 3.05) is 0 Å². The summed E-state index contributed by atoms with van der Waals surface area (Å²) in [6.07, 6.45) is -1.69. The molecule has 3 N–H and O–H groups in total. The molecule has 0 fully saturated rings. The van der Waals surface area contributed by atoms with E-state index in [1.807, 2.05) is 0 Å². The minimum atomic E-state index is -4.90. The molecule has 0 bridgehead atoms. The zero-order valence-electron chi connectivity index (χ0n) is 10.1. The van der Waals surface area contributed by atoms with Gasteiger partial charge in [-0.15, -0.1) is 13.2 Å². The van der Waals surface area contributed by atoms with E-state index in [1.165, 1.54) is 0 Å². The Labute approximate surface area is 104 Å². The quantitative estimate of drug-likeness (QED) is 0.284. The molecule has 0 saturated heterocycles. The molecule has 5 nitrogen and oxygen atoms in total.